The van der Waals surface area contributed by atoms with Crippen molar-refractivity contribution in [2.75, 3.05) is 24.6 Å². The lowest BCUT2D eigenvalue weighted by Gasteiger charge is -2.35. The second kappa shape index (κ2) is 6.48. The highest BCUT2D eigenvalue weighted by Crippen LogP contribution is 2.49. The molecule has 1 saturated heterocycles. The maximum atomic E-state index is 2.80. The predicted molar refractivity (Wildman–Crippen MR) is 108 cm³/mol. The molecule has 2 aromatic rings. The maximum Gasteiger partial charge on any atom is 0.0105 e. The Labute approximate surface area is 155 Å². The number of fused-ring (bicyclic) bond motifs is 3. The van der Waals surface area contributed by atoms with Crippen LogP contribution in [0.2, 0.25) is 0 Å². The zero-order valence-electron chi connectivity index (χ0n) is 14.9. The smallest absolute Gasteiger partial charge is 0.0105 e. The molecule has 25 heavy (non-hydrogen) atoms. The molecular formula is C23H27NS. The van der Waals surface area contributed by atoms with Crippen LogP contribution in [-0.4, -0.2) is 35.5 Å². The molecule has 0 N–H and O–H groups in total. The van der Waals surface area contributed by atoms with E-state index in [9.17, 15) is 0 Å². The molecule has 130 valence electrons. The van der Waals surface area contributed by atoms with Crippen molar-refractivity contribution < 1.29 is 0 Å². The average molecular weight is 350 g/mol. The normalized spacial score (nSPS) is 29.2. The van der Waals surface area contributed by atoms with Crippen LogP contribution in [0.5, 0.6) is 0 Å². The van der Waals surface area contributed by atoms with E-state index in [1.807, 2.05) is 0 Å². The molecule has 2 heteroatoms. The van der Waals surface area contributed by atoms with Crippen LogP contribution in [0, 0.1) is 0 Å². The summed E-state index contributed by atoms with van der Waals surface area (Å²) in [6.07, 6.45) is 6.43. The first-order valence-electron chi connectivity index (χ1n) is 9.81. The number of hydrogen-bond donors (Lipinski definition) is 0. The van der Waals surface area contributed by atoms with Gasteiger partial charge in [0, 0.05) is 36.1 Å². The third kappa shape index (κ3) is 2.84. The predicted octanol–water partition coefficient (Wildman–Crippen LogP) is 4.67. The second-order valence-corrected chi connectivity index (χ2v) is 9.33. The quantitative estimate of drug-likeness (QED) is 0.736. The van der Waals surface area contributed by atoms with Crippen LogP contribution in [0.25, 0.3) is 0 Å². The van der Waals surface area contributed by atoms with Crippen molar-refractivity contribution in [1.82, 2.24) is 4.90 Å². The van der Waals surface area contributed by atoms with E-state index in [4.69, 9.17) is 0 Å². The third-order valence-electron chi connectivity index (χ3n) is 6.76. The molecule has 3 aliphatic rings. The second-order valence-electron chi connectivity index (χ2n) is 8.10. The van der Waals surface area contributed by atoms with Crippen LogP contribution in [0.1, 0.15) is 41.5 Å². The van der Waals surface area contributed by atoms with Crippen LogP contribution < -0.4 is 0 Å². The van der Waals surface area contributed by atoms with Gasteiger partial charge in [-0.1, -0.05) is 48.5 Å². The lowest BCUT2D eigenvalue weighted by Crippen LogP contribution is -2.41. The van der Waals surface area contributed by atoms with E-state index in [0.29, 0.717) is 5.41 Å². The fourth-order valence-corrected chi connectivity index (χ4v) is 6.45. The van der Waals surface area contributed by atoms with E-state index in [1.54, 1.807) is 22.3 Å². The Morgan fingerprint density at radius 2 is 1.60 bits per heavy atom. The van der Waals surface area contributed by atoms with E-state index in [0.717, 1.165) is 12.5 Å². The molecule has 0 radical (unpaired) electrons. The van der Waals surface area contributed by atoms with Crippen molar-refractivity contribution in [3.8, 4) is 0 Å². The minimum Gasteiger partial charge on any atom is -0.299 e. The van der Waals surface area contributed by atoms with Gasteiger partial charge in [-0.3, -0.25) is 4.90 Å². The molecule has 2 unspecified atom stereocenters. The van der Waals surface area contributed by atoms with Crippen molar-refractivity contribution in [3.63, 3.8) is 0 Å². The molecule has 2 fully saturated rings. The van der Waals surface area contributed by atoms with Crippen LogP contribution in [-0.2, 0) is 18.3 Å². The number of rotatable bonds is 1. The van der Waals surface area contributed by atoms with Gasteiger partial charge in [-0.05, 0) is 54.4 Å². The SMILES string of the molecule is c1ccc2c(c1)Cc1ccccc1C1(CCC(N3CCSCC3)C1)C2. The number of nitrogens with zero attached hydrogens (tertiary/aromatic N) is 1. The average Bonchev–Trinajstić information content (AvgIpc) is 3.03. The van der Waals surface area contributed by atoms with Crippen LogP contribution >= 0.6 is 11.8 Å². The molecule has 2 aliphatic carbocycles. The number of hydrogen-bond acceptors (Lipinski definition) is 2. The van der Waals surface area contributed by atoms with Gasteiger partial charge in [0.05, 0.1) is 0 Å². The summed E-state index contributed by atoms with van der Waals surface area (Å²) in [4.78, 5) is 2.80. The molecule has 1 heterocycles. The summed E-state index contributed by atoms with van der Waals surface area (Å²) < 4.78 is 0. The molecule has 0 amide bonds. The van der Waals surface area contributed by atoms with Gasteiger partial charge in [-0.25, -0.2) is 0 Å². The summed E-state index contributed by atoms with van der Waals surface area (Å²) >= 11 is 2.13. The Morgan fingerprint density at radius 1 is 0.880 bits per heavy atom. The standard InChI is InChI=1S/C23H27NS/c1-2-7-20-16-23(10-9-21(17-23)24-11-13-25-14-12-24)22-8-4-3-6-19(22)15-18(20)5-1/h1-8,21H,9-17H2. The van der Waals surface area contributed by atoms with Crippen molar-refractivity contribution >= 4 is 11.8 Å². The Hall–Kier alpha value is -1.25. The first kappa shape index (κ1) is 16.0. The molecule has 2 aromatic carbocycles. The Balaban J connectivity index is 1.53. The lowest BCUT2D eigenvalue weighted by atomic mass is 9.73. The van der Waals surface area contributed by atoms with Gasteiger partial charge >= 0.3 is 0 Å². The van der Waals surface area contributed by atoms with Gasteiger partial charge in [0.15, 0.2) is 0 Å². The molecule has 5 rings (SSSR count). The highest BCUT2D eigenvalue weighted by molar-refractivity contribution is 7.99. The highest BCUT2D eigenvalue weighted by Gasteiger charge is 2.44. The van der Waals surface area contributed by atoms with Gasteiger partial charge in [0.25, 0.3) is 0 Å². The molecule has 0 aromatic heterocycles. The van der Waals surface area contributed by atoms with Gasteiger partial charge in [-0.2, -0.15) is 11.8 Å². The molecular weight excluding hydrogens is 322 g/mol. The van der Waals surface area contributed by atoms with Crippen LogP contribution in [0.15, 0.2) is 48.5 Å². The Bertz CT molecular complexity index is 764. The van der Waals surface area contributed by atoms with Gasteiger partial charge in [-0.15, -0.1) is 0 Å². The molecule has 1 saturated carbocycles. The molecule has 0 bridgehead atoms. The molecule has 1 nitrogen and oxygen atoms in total. The summed E-state index contributed by atoms with van der Waals surface area (Å²) in [5.74, 6) is 2.64. The zero-order valence-corrected chi connectivity index (χ0v) is 15.7. The summed E-state index contributed by atoms with van der Waals surface area (Å²) in [6.45, 7) is 2.59. The number of thioether (sulfide) groups is 1. The first-order chi connectivity index (χ1) is 12.3. The topological polar surface area (TPSA) is 3.24 Å². The van der Waals surface area contributed by atoms with E-state index in [2.05, 4.69) is 65.2 Å². The van der Waals surface area contributed by atoms with E-state index >= 15 is 0 Å². The van der Waals surface area contributed by atoms with Gasteiger partial charge < -0.3 is 0 Å². The maximum absolute atomic E-state index is 2.80. The van der Waals surface area contributed by atoms with Crippen molar-refractivity contribution in [2.24, 2.45) is 0 Å². The van der Waals surface area contributed by atoms with Crippen molar-refractivity contribution in [3.05, 3.63) is 70.8 Å². The van der Waals surface area contributed by atoms with Crippen LogP contribution in [0.4, 0.5) is 0 Å². The third-order valence-corrected chi connectivity index (χ3v) is 7.70. The first-order valence-corrected chi connectivity index (χ1v) is 11.0. The summed E-state index contributed by atoms with van der Waals surface area (Å²) in [7, 11) is 0. The summed E-state index contributed by atoms with van der Waals surface area (Å²) in [5.41, 5.74) is 6.72. The zero-order chi connectivity index (χ0) is 16.7. The highest BCUT2D eigenvalue weighted by atomic mass is 32.2. The number of benzene rings is 2. The summed E-state index contributed by atoms with van der Waals surface area (Å²) in [5, 5.41) is 0. The lowest BCUT2D eigenvalue weighted by molar-refractivity contribution is 0.210. The minimum atomic E-state index is 0.360. The van der Waals surface area contributed by atoms with Crippen LogP contribution in [0.3, 0.4) is 0 Å². The van der Waals surface area contributed by atoms with Gasteiger partial charge in [0.1, 0.15) is 0 Å². The summed E-state index contributed by atoms with van der Waals surface area (Å²) in [6, 6.07) is 19.3. The van der Waals surface area contributed by atoms with Crippen molar-refractivity contribution in [2.45, 2.75) is 43.6 Å². The van der Waals surface area contributed by atoms with E-state index < -0.39 is 0 Å². The molecule has 2 atom stereocenters. The van der Waals surface area contributed by atoms with Crippen molar-refractivity contribution in [1.29, 1.82) is 0 Å². The molecule has 1 aliphatic heterocycles. The van der Waals surface area contributed by atoms with Gasteiger partial charge in [0.2, 0.25) is 0 Å². The Kier molecular flexibility index (Phi) is 4.14. The molecule has 1 spiro atoms. The fourth-order valence-electron chi connectivity index (χ4n) is 5.52. The van der Waals surface area contributed by atoms with E-state index in [-0.39, 0.29) is 0 Å². The van der Waals surface area contributed by atoms with E-state index in [1.165, 1.54) is 50.3 Å². The Morgan fingerprint density at radius 3 is 2.44 bits per heavy atom. The fraction of sp³-hybridized carbons (Fsp3) is 0.478. The monoisotopic (exact) mass is 349 g/mol. The largest absolute Gasteiger partial charge is 0.299 e. The minimum absolute atomic E-state index is 0.360.